The molecule has 3 heterocycles. The topological polar surface area (TPSA) is 82.7 Å². The molecule has 1 saturated heterocycles. The van der Waals surface area contributed by atoms with Crippen LogP contribution in [0.1, 0.15) is 48.9 Å². The molecule has 2 fully saturated rings. The first-order valence-corrected chi connectivity index (χ1v) is 8.66. The van der Waals surface area contributed by atoms with E-state index in [0.717, 1.165) is 74.0 Å². The van der Waals surface area contributed by atoms with Gasteiger partial charge in [0.2, 0.25) is 0 Å². The van der Waals surface area contributed by atoms with Crippen LogP contribution < -0.4 is 10.6 Å². The van der Waals surface area contributed by atoms with E-state index in [9.17, 15) is 4.79 Å². The van der Waals surface area contributed by atoms with Gasteiger partial charge in [-0.15, -0.1) is 0 Å². The fourth-order valence-corrected chi connectivity index (χ4v) is 3.84. The summed E-state index contributed by atoms with van der Waals surface area (Å²) in [6.45, 7) is 2.01. The lowest BCUT2D eigenvalue weighted by Gasteiger charge is -2.24. The Hall–Kier alpha value is -1.95. The maximum atomic E-state index is 12.9. The number of anilines is 1. The van der Waals surface area contributed by atoms with Crippen molar-refractivity contribution in [2.45, 2.75) is 44.6 Å². The molecule has 1 atom stereocenters. The Balaban J connectivity index is 1.67. The van der Waals surface area contributed by atoms with Gasteiger partial charge in [0, 0.05) is 30.3 Å². The second-order valence-electron chi connectivity index (χ2n) is 6.68. The molecule has 1 saturated carbocycles. The highest BCUT2D eigenvalue weighted by atomic mass is 16.1. The molecule has 1 aliphatic heterocycles. The smallest absolute Gasteiger partial charge is 0.168 e. The highest BCUT2D eigenvalue weighted by Crippen LogP contribution is 2.32. The van der Waals surface area contributed by atoms with Gasteiger partial charge in [-0.2, -0.15) is 0 Å². The fraction of sp³-hybridized carbons (Fsp3) is 0.588. The number of nitrogens with zero attached hydrogens (tertiary/aromatic N) is 2. The van der Waals surface area contributed by atoms with Gasteiger partial charge in [0.1, 0.15) is 17.8 Å². The predicted octanol–water partition coefficient (Wildman–Crippen LogP) is 2.49. The highest BCUT2D eigenvalue weighted by molar-refractivity contribution is 6.11. The molecule has 2 aromatic rings. The number of hydrogen-bond acceptors (Lipinski definition) is 5. The minimum absolute atomic E-state index is 0.165. The van der Waals surface area contributed by atoms with Gasteiger partial charge >= 0.3 is 0 Å². The largest absolute Gasteiger partial charge is 0.365 e. The normalized spacial score (nSPS) is 22.5. The second-order valence-corrected chi connectivity index (χ2v) is 6.68. The van der Waals surface area contributed by atoms with Crippen LogP contribution in [0, 0.1) is 5.92 Å². The van der Waals surface area contributed by atoms with Crippen LogP contribution in [0.2, 0.25) is 0 Å². The van der Waals surface area contributed by atoms with Crippen LogP contribution in [-0.2, 0) is 0 Å². The number of Topliss-reactive ketones (excluding diaryl/α,β-unsaturated/α-hetero) is 1. The number of ketones is 1. The molecule has 4 rings (SSSR count). The predicted molar refractivity (Wildman–Crippen MR) is 89.7 cm³/mol. The molecule has 6 heteroatoms. The third-order valence-electron chi connectivity index (χ3n) is 5.10. The summed E-state index contributed by atoms with van der Waals surface area (Å²) in [7, 11) is 0. The maximum Gasteiger partial charge on any atom is 0.168 e. The summed E-state index contributed by atoms with van der Waals surface area (Å²) in [5.41, 5.74) is 1.49. The molecule has 0 bridgehead atoms. The molecule has 0 amide bonds. The van der Waals surface area contributed by atoms with Crippen LogP contribution >= 0.6 is 0 Å². The molecule has 0 radical (unpaired) electrons. The lowest BCUT2D eigenvalue weighted by atomic mass is 9.96. The summed E-state index contributed by atoms with van der Waals surface area (Å²) in [4.78, 5) is 24.7. The summed E-state index contributed by atoms with van der Waals surface area (Å²) in [6, 6.07) is 0.353. The average molecular weight is 313 g/mol. The first kappa shape index (κ1) is 14.6. The van der Waals surface area contributed by atoms with E-state index in [4.69, 9.17) is 0 Å². The van der Waals surface area contributed by atoms with Crippen molar-refractivity contribution in [3.05, 3.63) is 18.1 Å². The van der Waals surface area contributed by atoms with E-state index in [1.165, 1.54) is 0 Å². The summed E-state index contributed by atoms with van der Waals surface area (Å²) >= 11 is 0. The number of piperidine rings is 1. The third kappa shape index (κ3) is 2.83. The quantitative estimate of drug-likeness (QED) is 0.755. The molecule has 2 aliphatic rings. The van der Waals surface area contributed by atoms with E-state index < -0.39 is 0 Å². The number of fused-ring (bicyclic) bond motifs is 1. The molecule has 3 N–H and O–H groups in total. The number of H-pyrrole nitrogens is 1. The molecule has 1 unspecified atom stereocenters. The average Bonchev–Trinajstić information content (AvgIpc) is 3.26. The Labute approximate surface area is 135 Å². The standard InChI is InChI=1S/C17H23N5O/c23-15(11-4-1-2-5-11)13-9-19-16-14(13)17(21-10-20-16)22-12-6-3-7-18-8-12/h9-12,18H,1-8H2,(H2,19,20,21,22). The summed E-state index contributed by atoms with van der Waals surface area (Å²) in [6.07, 6.45) is 9.98. The van der Waals surface area contributed by atoms with Gasteiger partial charge in [0.25, 0.3) is 0 Å². The van der Waals surface area contributed by atoms with Crippen LogP contribution in [0.4, 0.5) is 5.82 Å². The zero-order chi connectivity index (χ0) is 15.6. The zero-order valence-corrected chi connectivity index (χ0v) is 13.3. The Kier molecular flexibility index (Phi) is 3.99. The van der Waals surface area contributed by atoms with Crippen molar-refractivity contribution in [3.8, 4) is 0 Å². The van der Waals surface area contributed by atoms with Crippen molar-refractivity contribution >= 4 is 22.6 Å². The molecule has 2 aromatic heterocycles. The molecule has 1 aliphatic carbocycles. The fourth-order valence-electron chi connectivity index (χ4n) is 3.84. The Morgan fingerprint density at radius 2 is 2.04 bits per heavy atom. The third-order valence-corrected chi connectivity index (χ3v) is 5.10. The first-order chi connectivity index (χ1) is 11.3. The number of carbonyl (C=O) groups is 1. The van der Waals surface area contributed by atoms with Gasteiger partial charge in [-0.3, -0.25) is 4.79 Å². The monoisotopic (exact) mass is 313 g/mol. The number of carbonyl (C=O) groups excluding carboxylic acids is 1. The van der Waals surface area contributed by atoms with Crippen LogP contribution in [0.3, 0.4) is 0 Å². The van der Waals surface area contributed by atoms with Gasteiger partial charge < -0.3 is 15.6 Å². The highest BCUT2D eigenvalue weighted by Gasteiger charge is 2.27. The zero-order valence-electron chi connectivity index (χ0n) is 13.3. The van der Waals surface area contributed by atoms with E-state index >= 15 is 0 Å². The van der Waals surface area contributed by atoms with Crippen LogP contribution in [0.15, 0.2) is 12.5 Å². The van der Waals surface area contributed by atoms with Gasteiger partial charge in [-0.1, -0.05) is 12.8 Å². The summed E-state index contributed by atoms with van der Waals surface area (Å²) < 4.78 is 0. The molecule has 122 valence electrons. The molecular formula is C17H23N5O. The lowest BCUT2D eigenvalue weighted by molar-refractivity contribution is 0.0924. The lowest BCUT2D eigenvalue weighted by Crippen LogP contribution is -2.38. The molecule has 0 spiro atoms. The van der Waals surface area contributed by atoms with Crippen molar-refractivity contribution in [1.29, 1.82) is 0 Å². The van der Waals surface area contributed by atoms with Crippen molar-refractivity contribution in [2.75, 3.05) is 18.4 Å². The first-order valence-electron chi connectivity index (χ1n) is 8.66. The Bertz CT molecular complexity index is 698. The number of aromatic amines is 1. The van der Waals surface area contributed by atoms with E-state index in [0.29, 0.717) is 6.04 Å². The van der Waals surface area contributed by atoms with Crippen LogP contribution in [-0.4, -0.2) is 39.9 Å². The van der Waals surface area contributed by atoms with Gasteiger partial charge in [-0.05, 0) is 32.2 Å². The van der Waals surface area contributed by atoms with Crippen molar-refractivity contribution in [1.82, 2.24) is 20.3 Å². The molecule has 0 aromatic carbocycles. The SMILES string of the molecule is O=C(c1c[nH]c2ncnc(NC3CCCNC3)c12)C1CCCC1. The van der Waals surface area contributed by atoms with Crippen molar-refractivity contribution in [3.63, 3.8) is 0 Å². The van der Waals surface area contributed by atoms with Crippen molar-refractivity contribution < 1.29 is 4.79 Å². The van der Waals surface area contributed by atoms with Gasteiger partial charge in [0.15, 0.2) is 5.78 Å². The second kappa shape index (κ2) is 6.28. The molecule has 23 heavy (non-hydrogen) atoms. The molecular weight excluding hydrogens is 290 g/mol. The van der Waals surface area contributed by atoms with E-state index in [1.54, 1.807) is 6.33 Å². The summed E-state index contributed by atoms with van der Waals surface area (Å²) in [5.74, 6) is 1.19. The Morgan fingerprint density at radius 1 is 1.17 bits per heavy atom. The number of aromatic nitrogens is 3. The van der Waals surface area contributed by atoms with E-state index in [2.05, 4.69) is 25.6 Å². The van der Waals surface area contributed by atoms with Gasteiger partial charge in [0.05, 0.1) is 5.39 Å². The van der Waals surface area contributed by atoms with E-state index in [-0.39, 0.29) is 11.7 Å². The van der Waals surface area contributed by atoms with Crippen LogP contribution in [0.25, 0.3) is 11.0 Å². The number of nitrogens with one attached hydrogen (secondary N) is 3. The van der Waals surface area contributed by atoms with E-state index in [1.807, 2.05) is 6.20 Å². The maximum absolute atomic E-state index is 12.9. The number of hydrogen-bond donors (Lipinski definition) is 3. The van der Waals surface area contributed by atoms with Crippen LogP contribution in [0.5, 0.6) is 0 Å². The minimum Gasteiger partial charge on any atom is -0.365 e. The summed E-state index contributed by atoms with van der Waals surface area (Å²) in [5, 5.41) is 7.76. The minimum atomic E-state index is 0.165. The Morgan fingerprint density at radius 3 is 2.83 bits per heavy atom. The van der Waals surface area contributed by atoms with Gasteiger partial charge in [-0.25, -0.2) is 9.97 Å². The molecule has 6 nitrogen and oxygen atoms in total. The number of rotatable bonds is 4. The van der Waals surface area contributed by atoms with Crippen molar-refractivity contribution in [2.24, 2.45) is 5.92 Å².